The summed E-state index contributed by atoms with van der Waals surface area (Å²) in [6.45, 7) is 0. The molecule has 104 valence electrons. The normalized spacial score (nSPS) is 10.7. The van der Waals surface area contributed by atoms with Gasteiger partial charge in [0, 0.05) is 17.7 Å². The lowest BCUT2D eigenvalue weighted by Crippen LogP contribution is -1.95. The summed E-state index contributed by atoms with van der Waals surface area (Å²) in [5.74, 6) is 0. The Morgan fingerprint density at radius 1 is 1.05 bits per heavy atom. The fourth-order valence-corrected chi connectivity index (χ4v) is 2.61. The maximum atomic E-state index is 10.8. The second-order valence-corrected chi connectivity index (χ2v) is 5.17. The van der Waals surface area contributed by atoms with Crippen LogP contribution in [0.2, 0.25) is 0 Å². The molecular formula is C15H11N3O2S. The molecule has 0 amide bonds. The zero-order chi connectivity index (χ0) is 14.8. The van der Waals surface area contributed by atoms with Crippen molar-refractivity contribution in [2.24, 2.45) is 0 Å². The van der Waals surface area contributed by atoms with Gasteiger partial charge in [0.1, 0.15) is 10.7 Å². The first-order valence-electron chi connectivity index (χ1n) is 6.24. The van der Waals surface area contributed by atoms with Crippen molar-refractivity contribution in [1.82, 2.24) is 9.97 Å². The maximum absolute atomic E-state index is 10.8. The van der Waals surface area contributed by atoms with Gasteiger partial charge >= 0.3 is 0 Å². The number of hydrogen-bond donors (Lipinski definition) is 0. The predicted molar refractivity (Wildman–Crippen MR) is 83.4 cm³/mol. The zero-order valence-corrected chi connectivity index (χ0v) is 12.0. The molecule has 1 heterocycles. The molecule has 5 nitrogen and oxygen atoms in total. The number of nitrogens with zero attached hydrogens (tertiary/aromatic N) is 3. The maximum Gasteiger partial charge on any atom is 0.271 e. The Labute approximate surface area is 125 Å². The summed E-state index contributed by atoms with van der Waals surface area (Å²) in [5.41, 5.74) is 2.99. The van der Waals surface area contributed by atoms with Crippen molar-refractivity contribution in [2.45, 2.75) is 5.03 Å². The van der Waals surface area contributed by atoms with Crippen molar-refractivity contribution in [1.29, 1.82) is 0 Å². The Kier molecular flexibility index (Phi) is 3.53. The molecular weight excluding hydrogens is 286 g/mol. The van der Waals surface area contributed by atoms with Crippen LogP contribution in [-0.4, -0.2) is 21.1 Å². The Bertz CT molecular complexity index is 822. The minimum absolute atomic E-state index is 0.0244. The Hall–Kier alpha value is -2.47. The van der Waals surface area contributed by atoms with Gasteiger partial charge in [-0.15, -0.1) is 11.8 Å². The fourth-order valence-electron chi connectivity index (χ4n) is 2.07. The smallest absolute Gasteiger partial charge is 0.258 e. The van der Waals surface area contributed by atoms with Gasteiger partial charge in [0.25, 0.3) is 5.69 Å². The lowest BCUT2D eigenvalue weighted by molar-refractivity contribution is -0.384. The number of rotatable bonds is 3. The van der Waals surface area contributed by atoms with E-state index < -0.39 is 4.92 Å². The minimum atomic E-state index is -0.426. The number of aromatic nitrogens is 2. The van der Waals surface area contributed by atoms with E-state index in [2.05, 4.69) is 9.97 Å². The molecule has 0 saturated heterocycles. The highest BCUT2D eigenvalue weighted by atomic mass is 32.2. The third kappa shape index (κ3) is 2.57. The number of benzene rings is 2. The first-order chi connectivity index (χ1) is 10.2. The van der Waals surface area contributed by atoms with E-state index in [1.54, 1.807) is 6.07 Å². The van der Waals surface area contributed by atoms with Crippen LogP contribution in [-0.2, 0) is 0 Å². The van der Waals surface area contributed by atoms with E-state index in [9.17, 15) is 10.1 Å². The monoisotopic (exact) mass is 297 g/mol. The lowest BCUT2D eigenvalue weighted by Gasteiger charge is -2.07. The van der Waals surface area contributed by atoms with Gasteiger partial charge in [-0.2, -0.15) is 0 Å². The van der Waals surface area contributed by atoms with Crippen LogP contribution >= 0.6 is 11.8 Å². The van der Waals surface area contributed by atoms with Crippen LogP contribution < -0.4 is 0 Å². The van der Waals surface area contributed by atoms with Gasteiger partial charge in [-0.05, 0) is 12.3 Å². The van der Waals surface area contributed by atoms with Crippen LogP contribution in [0.3, 0.4) is 0 Å². The second kappa shape index (κ2) is 5.49. The van der Waals surface area contributed by atoms with Crippen molar-refractivity contribution < 1.29 is 4.92 Å². The third-order valence-corrected chi connectivity index (χ3v) is 3.74. The summed E-state index contributed by atoms with van der Waals surface area (Å²) in [6, 6.07) is 14.3. The summed E-state index contributed by atoms with van der Waals surface area (Å²) < 4.78 is 0. The first-order valence-corrected chi connectivity index (χ1v) is 7.47. The SMILES string of the molecule is CSc1nc2cc([N+](=O)[O-])ccc2nc1-c1ccccc1. The highest BCUT2D eigenvalue weighted by Crippen LogP contribution is 2.29. The third-order valence-electron chi connectivity index (χ3n) is 3.07. The molecule has 3 rings (SSSR count). The molecule has 21 heavy (non-hydrogen) atoms. The van der Waals surface area contributed by atoms with E-state index in [1.165, 1.54) is 23.9 Å². The van der Waals surface area contributed by atoms with E-state index in [4.69, 9.17) is 0 Å². The molecule has 0 aliphatic carbocycles. The molecule has 0 saturated carbocycles. The molecule has 0 aliphatic heterocycles. The number of non-ortho nitro benzene ring substituents is 1. The van der Waals surface area contributed by atoms with E-state index in [-0.39, 0.29) is 5.69 Å². The van der Waals surface area contributed by atoms with E-state index in [1.807, 2.05) is 36.6 Å². The quantitative estimate of drug-likeness (QED) is 0.416. The van der Waals surface area contributed by atoms with Crippen LogP contribution in [0.25, 0.3) is 22.3 Å². The molecule has 6 heteroatoms. The van der Waals surface area contributed by atoms with Crippen LogP contribution in [0.1, 0.15) is 0 Å². The number of hydrogen-bond acceptors (Lipinski definition) is 5. The fraction of sp³-hybridized carbons (Fsp3) is 0.0667. The van der Waals surface area contributed by atoms with Gasteiger partial charge in [-0.3, -0.25) is 10.1 Å². The molecule has 0 atom stereocenters. The number of nitro benzene ring substituents is 1. The standard InChI is InChI=1S/C15H11N3O2S/c1-21-15-14(10-5-3-2-4-6-10)16-12-8-7-11(18(19)20)9-13(12)17-15/h2-9H,1H3. The first kappa shape index (κ1) is 13.5. The van der Waals surface area contributed by atoms with Crippen LogP contribution in [0.15, 0.2) is 53.6 Å². The summed E-state index contributed by atoms with van der Waals surface area (Å²) in [7, 11) is 0. The molecule has 0 radical (unpaired) electrons. The minimum Gasteiger partial charge on any atom is -0.258 e. The molecule has 1 aromatic heterocycles. The van der Waals surface area contributed by atoms with Gasteiger partial charge in [-0.25, -0.2) is 9.97 Å². The van der Waals surface area contributed by atoms with Gasteiger partial charge in [0.2, 0.25) is 0 Å². The van der Waals surface area contributed by atoms with Gasteiger partial charge in [0.15, 0.2) is 0 Å². The van der Waals surface area contributed by atoms with Gasteiger partial charge < -0.3 is 0 Å². The summed E-state index contributed by atoms with van der Waals surface area (Å²) >= 11 is 1.48. The van der Waals surface area contributed by atoms with Crippen LogP contribution in [0.5, 0.6) is 0 Å². The predicted octanol–water partition coefficient (Wildman–Crippen LogP) is 3.93. The van der Waals surface area contributed by atoms with E-state index in [0.29, 0.717) is 11.0 Å². The van der Waals surface area contributed by atoms with Crippen molar-refractivity contribution in [3.05, 3.63) is 58.6 Å². The number of thioether (sulfide) groups is 1. The highest BCUT2D eigenvalue weighted by Gasteiger charge is 2.13. The summed E-state index contributed by atoms with van der Waals surface area (Å²) in [5, 5.41) is 11.6. The Morgan fingerprint density at radius 2 is 1.81 bits per heavy atom. The van der Waals surface area contributed by atoms with Crippen LogP contribution in [0.4, 0.5) is 5.69 Å². The molecule has 0 spiro atoms. The average molecular weight is 297 g/mol. The van der Waals surface area contributed by atoms with Gasteiger partial charge in [0.05, 0.1) is 16.0 Å². The summed E-state index contributed by atoms with van der Waals surface area (Å²) in [4.78, 5) is 19.5. The van der Waals surface area contributed by atoms with Crippen molar-refractivity contribution >= 4 is 28.5 Å². The topological polar surface area (TPSA) is 68.9 Å². The molecule has 2 aromatic carbocycles. The molecule has 0 N–H and O–H groups in total. The van der Waals surface area contributed by atoms with Crippen molar-refractivity contribution in [2.75, 3.05) is 6.26 Å². The largest absolute Gasteiger partial charge is 0.271 e. The van der Waals surface area contributed by atoms with Crippen molar-refractivity contribution in [3.8, 4) is 11.3 Å². The number of nitro groups is 1. The van der Waals surface area contributed by atoms with E-state index >= 15 is 0 Å². The van der Waals surface area contributed by atoms with E-state index in [0.717, 1.165) is 16.3 Å². The molecule has 0 aliphatic rings. The molecule has 0 fully saturated rings. The van der Waals surface area contributed by atoms with Gasteiger partial charge in [-0.1, -0.05) is 30.3 Å². The number of fused-ring (bicyclic) bond motifs is 1. The molecule has 0 bridgehead atoms. The zero-order valence-electron chi connectivity index (χ0n) is 11.2. The molecule has 0 unspecified atom stereocenters. The van der Waals surface area contributed by atoms with Crippen molar-refractivity contribution in [3.63, 3.8) is 0 Å². The lowest BCUT2D eigenvalue weighted by atomic mass is 10.1. The Balaban J connectivity index is 2.23. The summed E-state index contributed by atoms with van der Waals surface area (Å²) in [6.07, 6.45) is 1.92. The Morgan fingerprint density at radius 3 is 2.48 bits per heavy atom. The molecule has 3 aromatic rings. The average Bonchev–Trinajstić information content (AvgIpc) is 2.53. The highest BCUT2D eigenvalue weighted by molar-refractivity contribution is 7.98. The van der Waals surface area contributed by atoms with Crippen LogP contribution in [0, 0.1) is 10.1 Å². The second-order valence-electron chi connectivity index (χ2n) is 4.38.